The van der Waals surface area contributed by atoms with Gasteiger partial charge < -0.3 is 9.64 Å². The Labute approximate surface area is 161 Å². The maximum Gasteiger partial charge on any atom is 0.263 e. The quantitative estimate of drug-likeness (QED) is 0.595. The minimum Gasteiger partial charge on any atom is -0.481 e. The summed E-state index contributed by atoms with van der Waals surface area (Å²) in [4.78, 5) is 15.0. The van der Waals surface area contributed by atoms with Crippen LogP contribution in [-0.2, 0) is 17.9 Å². The molecule has 1 unspecified atom stereocenters. The van der Waals surface area contributed by atoms with Gasteiger partial charge in [0.2, 0.25) is 0 Å². The molecule has 0 saturated heterocycles. The van der Waals surface area contributed by atoms with E-state index in [1.54, 1.807) is 0 Å². The predicted molar refractivity (Wildman–Crippen MR) is 108 cm³/mol. The van der Waals surface area contributed by atoms with Crippen LogP contribution in [0, 0.1) is 6.92 Å². The minimum absolute atomic E-state index is 0.0239. The molecule has 0 aliphatic heterocycles. The zero-order valence-electron chi connectivity index (χ0n) is 15.8. The average Bonchev–Trinajstić information content (AvgIpc) is 2.68. The van der Waals surface area contributed by atoms with Gasteiger partial charge in [0.25, 0.3) is 5.91 Å². The number of hydrogen-bond donors (Lipinski definition) is 0. The first-order valence-electron chi connectivity index (χ1n) is 9.22. The molecule has 0 heterocycles. The summed E-state index contributed by atoms with van der Waals surface area (Å²) in [5, 5.41) is 0. The highest BCUT2D eigenvalue weighted by atomic mass is 16.5. The maximum atomic E-state index is 13.1. The second-order valence-electron chi connectivity index (χ2n) is 6.74. The molecule has 0 N–H and O–H groups in total. The number of ether oxygens (including phenoxy) is 1. The molecule has 0 radical (unpaired) electrons. The Bertz CT molecular complexity index is 820. The molecular weight excluding hydrogens is 334 g/mol. The topological polar surface area (TPSA) is 29.5 Å². The van der Waals surface area contributed by atoms with Crippen LogP contribution in [0.2, 0.25) is 0 Å². The van der Waals surface area contributed by atoms with Crippen LogP contribution in [0.4, 0.5) is 0 Å². The summed E-state index contributed by atoms with van der Waals surface area (Å²) in [5.74, 6) is 0.694. The number of amides is 1. The van der Waals surface area contributed by atoms with Gasteiger partial charge in [0.1, 0.15) is 5.75 Å². The third-order valence-corrected chi connectivity index (χ3v) is 4.39. The fourth-order valence-corrected chi connectivity index (χ4v) is 3.02. The number of carbonyl (C=O) groups is 1. The van der Waals surface area contributed by atoms with Crippen molar-refractivity contribution >= 4 is 5.91 Å². The van der Waals surface area contributed by atoms with Crippen molar-refractivity contribution in [3.05, 3.63) is 102 Å². The lowest BCUT2D eigenvalue weighted by Gasteiger charge is -2.26. The third kappa shape index (κ3) is 5.45. The Balaban J connectivity index is 1.76. The zero-order chi connectivity index (χ0) is 19.1. The fraction of sp³-hybridized carbons (Fsp3) is 0.208. The molecule has 0 bridgehead atoms. The van der Waals surface area contributed by atoms with E-state index in [1.807, 2.05) is 104 Å². The van der Waals surface area contributed by atoms with Gasteiger partial charge in [-0.15, -0.1) is 0 Å². The number of carbonyl (C=O) groups excluding carboxylic acids is 1. The van der Waals surface area contributed by atoms with Crippen LogP contribution in [0.5, 0.6) is 5.75 Å². The van der Waals surface area contributed by atoms with Gasteiger partial charge in [-0.1, -0.05) is 72.8 Å². The smallest absolute Gasteiger partial charge is 0.263 e. The lowest BCUT2D eigenvalue weighted by atomic mass is 10.1. The average molecular weight is 359 g/mol. The first-order valence-corrected chi connectivity index (χ1v) is 9.22. The Morgan fingerprint density at radius 1 is 0.852 bits per heavy atom. The molecule has 3 aromatic rings. The van der Waals surface area contributed by atoms with E-state index in [9.17, 15) is 4.79 Å². The Kier molecular flexibility index (Phi) is 6.26. The first kappa shape index (κ1) is 18.7. The van der Waals surface area contributed by atoms with Gasteiger partial charge in [-0.2, -0.15) is 0 Å². The number of hydrogen-bond acceptors (Lipinski definition) is 2. The normalized spacial score (nSPS) is 11.6. The summed E-state index contributed by atoms with van der Waals surface area (Å²) in [5.41, 5.74) is 3.31. The first-order chi connectivity index (χ1) is 13.1. The fourth-order valence-electron chi connectivity index (χ4n) is 3.02. The zero-order valence-corrected chi connectivity index (χ0v) is 15.8. The summed E-state index contributed by atoms with van der Waals surface area (Å²) in [6.07, 6.45) is -0.556. The van der Waals surface area contributed by atoms with Crippen LogP contribution in [0.25, 0.3) is 0 Å². The number of rotatable bonds is 7. The summed E-state index contributed by atoms with van der Waals surface area (Å²) in [6.45, 7) is 4.93. The number of aryl methyl sites for hydroxylation is 1. The number of benzene rings is 3. The summed E-state index contributed by atoms with van der Waals surface area (Å²) in [6, 6.07) is 27.9. The van der Waals surface area contributed by atoms with E-state index in [0.29, 0.717) is 13.1 Å². The molecule has 0 spiro atoms. The standard InChI is InChI=1S/C24H25NO2/c1-19-10-9-15-23(16-19)27-20(2)24(26)25(17-21-11-5-3-6-12-21)18-22-13-7-4-8-14-22/h3-16,20H,17-18H2,1-2H3. The van der Waals surface area contributed by atoms with Gasteiger partial charge in [-0.3, -0.25) is 4.79 Å². The van der Waals surface area contributed by atoms with Gasteiger partial charge in [0, 0.05) is 13.1 Å². The van der Waals surface area contributed by atoms with Crippen molar-refractivity contribution < 1.29 is 9.53 Å². The molecule has 1 amide bonds. The molecule has 0 saturated carbocycles. The van der Waals surface area contributed by atoms with Crippen LogP contribution < -0.4 is 4.74 Å². The van der Waals surface area contributed by atoms with Crippen molar-refractivity contribution in [2.45, 2.75) is 33.0 Å². The molecule has 1 atom stereocenters. The van der Waals surface area contributed by atoms with Gasteiger partial charge in [-0.25, -0.2) is 0 Å². The Hall–Kier alpha value is -3.07. The Morgan fingerprint density at radius 3 is 1.93 bits per heavy atom. The van der Waals surface area contributed by atoms with Crippen molar-refractivity contribution in [2.24, 2.45) is 0 Å². The van der Waals surface area contributed by atoms with Crippen molar-refractivity contribution in [1.82, 2.24) is 4.90 Å². The van der Waals surface area contributed by atoms with Crippen molar-refractivity contribution in [2.75, 3.05) is 0 Å². The number of nitrogens with zero attached hydrogens (tertiary/aromatic N) is 1. The van der Waals surface area contributed by atoms with E-state index >= 15 is 0 Å². The molecule has 138 valence electrons. The van der Waals surface area contributed by atoms with Crippen LogP contribution >= 0.6 is 0 Å². The largest absolute Gasteiger partial charge is 0.481 e. The summed E-state index contributed by atoms with van der Waals surface area (Å²) >= 11 is 0. The summed E-state index contributed by atoms with van der Waals surface area (Å²) in [7, 11) is 0. The van der Waals surface area contributed by atoms with Crippen LogP contribution in [-0.4, -0.2) is 16.9 Å². The van der Waals surface area contributed by atoms with E-state index in [4.69, 9.17) is 4.74 Å². The van der Waals surface area contributed by atoms with E-state index in [0.717, 1.165) is 22.4 Å². The highest BCUT2D eigenvalue weighted by molar-refractivity contribution is 5.81. The monoisotopic (exact) mass is 359 g/mol. The van der Waals surface area contributed by atoms with Crippen LogP contribution in [0.15, 0.2) is 84.9 Å². The van der Waals surface area contributed by atoms with Crippen LogP contribution in [0.3, 0.4) is 0 Å². The van der Waals surface area contributed by atoms with Gasteiger partial charge in [-0.05, 0) is 42.7 Å². The second kappa shape index (κ2) is 9.04. The van der Waals surface area contributed by atoms with E-state index in [-0.39, 0.29) is 5.91 Å². The van der Waals surface area contributed by atoms with Gasteiger partial charge >= 0.3 is 0 Å². The highest BCUT2D eigenvalue weighted by Crippen LogP contribution is 2.17. The molecule has 3 nitrogen and oxygen atoms in total. The van der Waals surface area contributed by atoms with Crippen molar-refractivity contribution in [3.8, 4) is 5.75 Å². The SMILES string of the molecule is Cc1cccc(OC(C)C(=O)N(Cc2ccccc2)Cc2ccccc2)c1. The van der Waals surface area contributed by atoms with Crippen LogP contribution in [0.1, 0.15) is 23.6 Å². The molecule has 0 fully saturated rings. The predicted octanol–water partition coefficient (Wildman–Crippen LogP) is 4.99. The lowest BCUT2D eigenvalue weighted by molar-refractivity contribution is -0.139. The van der Waals surface area contributed by atoms with E-state index in [2.05, 4.69) is 0 Å². The molecule has 0 aliphatic carbocycles. The van der Waals surface area contributed by atoms with Crippen molar-refractivity contribution in [1.29, 1.82) is 0 Å². The molecule has 27 heavy (non-hydrogen) atoms. The molecule has 3 aromatic carbocycles. The van der Waals surface area contributed by atoms with Gasteiger partial charge in [0.05, 0.1) is 0 Å². The minimum atomic E-state index is -0.556. The highest BCUT2D eigenvalue weighted by Gasteiger charge is 2.22. The molecular formula is C24H25NO2. The Morgan fingerprint density at radius 2 is 1.41 bits per heavy atom. The maximum absolute atomic E-state index is 13.1. The summed E-state index contributed by atoms with van der Waals surface area (Å²) < 4.78 is 5.92. The second-order valence-corrected chi connectivity index (χ2v) is 6.74. The lowest BCUT2D eigenvalue weighted by Crippen LogP contribution is -2.39. The molecule has 0 aromatic heterocycles. The van der Waals surface area contributed by atoms with E-state index < -0.39 is 6.10 Å². The van der Waals surface area contributed by atoms with Gasteiger partial charge in [0.15, 0.2) is 6.10 Å². The molecule has 0 aliphatic rings. The van der Waals surface area contributed by atoms with E-state index in [1.165, 1.54) is 0 Å². The van der Waals surface area contributed by atoms with Crippen molar-refractivity contribution in [3.63, 3.8) is 0 Å². The third-order valence-electron chi connectivity index (χ3n) is 4.39. The molecule has 3 rings (SSSR count). The molecule has 3 heteroatoms.